The van der Waals surface area contributed by atoms with Crippen molar-refractivity contribution in [3.63, 3.8) is 0 Å². The maximum absolute atomic E-state index is 12.1. The van der Waals surface area contributed by atoms with Gasteiger partial charge in [-0.05, 0) is 110 Å². The maximum Gasteiger partial charge on any atom is 0.133 e. The van der Waals surface area contributed by atoms with E-state index in [1.807, 2.05) is 0 Å². The molecule has 0 heterocycles. The van der Waals surface area contributed by atoms with Crippen molar-refractivity contribution in [2.75, 3.05) is 0 Å². The summed E-state index contributed by atoms with van der Waals surface area (Å²) in [7, 11) is 0. The van der Waals surface area contributed by atoms with Gasteiger partial charge in [0.1, 0.15) is 5.78 Å². The van der Waals surface area contributed by atoms with Gasteiger partial charge in [-0.3, -0.25) is 4.79 Å². The quantitative estimate of drug-likeness (QED) is 0.417. The number of hydrogen-bond donors (Lipinski definition) is 0. The molecule has 170 valence electrons. The number of carbonyl (C=O) groups excluding carboxylic acids is 1. The predicted molar refractivity (Wildman–Crippen MR) is 127 cm³/mol. The summed E-state index contributed by atoms with van der Waals surface area (Å²) < 4.78 is 0. The van der Waals surface area contributed by atoms with Gasteiger partial charge in [-0.1, -0.05) is 53.7 Å². The van der Waals surface area contributed by atoms with E-state index in [0.717, 1.165) is 48.3 Å². The highest BCUT2D eigenvalue weighted by atomic mass is 16.1. The maximum atomic E-state index is 12.1. The largest absolute Gasteiger partial charge is 0.300 e. The van der Waals surface area contributed by atoms with Crippen LogP contribution in [0.3, 0.4) is 0 Å². The van der Waals surface area contributed by atoms with Crippen LogP contribution >= 0.6 is 0 Å². The van der Waals surface area contributed by atoms with Gasteiger partial charge in [-0.15, -0.1) is 0 Å². The Kier molecular flexibility index (Phi) is 6.33. The number of hydrogen-bond acceptors (Lipinski definition) is 1. The second-order valence-electron chi connectivity index (χ2n) is 12.7. The molecule has 30 heavy (non-hydrogen) atoms. The van der Waals surface area contributed by atoms with Crippen LogP contribution < -0.4 is 0 Å². The molecule has 0 radical (unpaired) electrons. The Labute approximate surface area is 186 Å². The van der Waals surface area contributed by atoms with Gasteiger partial charge in [0.2, 0.25) is 0 Å². The smallest absolute Gasteiger partial charge is 0.133 e. The summed E-state index contributed by atoms with van der Waals surface area (Å²) in [6.45, 7) is 14.8. The Morgan fingerprint density at radius 1 is 0.933 bits per heavy atom. The molecule has 0 unspecified atom stereocenters. The van der Waals surface area contributed by atoms with E-state index in [-0.39, 0.29) is 0 Å². The summed E-state index contributed by atoms with van der Waals surface area (Å²) in [5, 5.41) is 0. The molecule has 1 nitrogen and oxygen atoms in total. The molecule has 0 aromatic heterocycles. The van der Waals surface area contributed by atoms with Crippen LogP contribution in [0.1, 0.15) is 106 Å². The molecule has 0 saturated heterocycles. The molecule has 1 heteroatoms. The number of carbonyl (C=O) groups is 1. The molecule has 0 aliphatic heterocycles. The third-order valence-electron chi connectivity index (χ3n) is 11.2. The van der Waals surface area contributed by atoms with E-state index >= 15 is 0 Å². The van der Waals surface area contributed by atoms with Crippen LogP contribution in [0.25, 0.3) is 0 Å². The molecule has 9 atom stereocenters. The third-order valence-corrected chi connectivity index (χ3v) is 11.2. The Balaban J connectivity index is 1.50. The zero-order valence-electron chi connectivity index (χ0n) is 20.8. The highest BCUT2D eigenvalue weighted by molar-refractivity contribution is 5.79. The summed E-state index contributed by atoms with van der Waals surface area (Å²) >= 11 is 0. The first-order valence-corrected chi connectivity index (χ1v) is 13.4. The lowest BCUT2D eigenvalue weighted by Crippen LogP contribution is -2.53. The topological polar surface area (TPSA) is 17.1 Å². The van der Waals surface area contributed by atoms with Gasteiger partial charge in [0, 0.05) is 12.8 Å². The van der Waals surface area contributed by atoms with Gasteiger partial charge in [-0.2, -0.15) is 0 Å². The zero-order chi connectivity index (χ0) is 21.7. The summed E-state index contributed by atoms with van der Waals surface area (Å²) in [5.74, 6) is 7.04. The van der Waals surface area contributed by atoms with Crippen molar-refractivity contribution < 1.29 is 4.79 Å². The molecular formula is C29H48O. The van der Waals surface area contributed by atoms with E-state index in [0.29, 0.717) is 28.4 Å². The van der Waals surface area contributed by atoms with Crippen LogP contribution in [-0.2, 0) is 4.79 Å². The molecule has 4 rings (SSSR count). The first-order valence-electron chi connectivity index (χ1n) is 13.4. The summed E-state index contributed by atoms with van der Waals surface area (Å²) in [5.41, 5.74) is 0.992. The van der Waals surface area contributed by atoms with Crippen molar-refractivity contribution in [2.24, 2.45) is 58.2 Å². The number of allylic oxidation sites excluding steroid dienone is 2. The molecule has 4 aliphatic carbocycles. The number of Topliss-reactive ketones (excluding diaryl/α,β-unsaturated/α-hetero) is 1. The molecule has 0 bridgehead atoms. The first kappa shape index (κ1) is 22.6. The van der Waals surface area contributed by atoms with E-state index in [1.54, 1.807) is 0 Å². The minimum atomic E-state index is 0.452. The summed E-state index contributed by atoms with van der Waals surface area (Å²) in [6.07, 6.45) is 17.8. The van der Waals surface area contributed by atoms with E-state index in [2.05, 4.69) is 53.7 Å². The second-order valence-corrected chi connectivity index (χ2v) is 12.7. The average molecular weight is 413 g/mol. The summed E-state index contributed by atoms with van der Waals surface area (Å²) in [4.78, 5) is 12.1. The molecule has 0 N–H and O–H groups in total. The van der Waals surface area contributed by atoms with E-state index in [4.69, 9.17) is 0 Å². The molecule has 0 aromatic rings. The summed E-state index contributed by atoms with van der Waals surface area (Å²) in [6, 6.07) is 0. The predicted octanol–water partition coefficient (Wildman–Crippen LogP) is 8.09. The van der Waals surface area contributed by atoms with Gasteiger partial charge < -0.3 is 0 Å². The monoisotopic (exact) mass is 412 g/mol. The molecule has 0 spiro atoms. The third kappa shape index (κ3) is 3.65. The van der Waals surface area contributed by atoms with Gasteiger partial charge >= 0.3 is 0 Å². The van der Waals surface area contributed by atoms with E-state index in [1.165, 1.54) is 51.4 Å². The minimum absolute atomic E-state index is 0.452. The van der Waals surface area contributed by atoms with Crippen molar-refractivity contribution >= 4 is 5.78 Å². The number of ketones is 1. The van der Waals surface area contributed by atoms with Crippen LogP contribution in [0, 0.1) is 58.2 Å². The van der Waals surface area contributed by atoms with Crippen molar-refractivity contribution in [1.82, 2.24) is 0 Å². The highest BCUT2D eigenvalue weighted by Crippen LogP contribution is 2.68. The average Bonchev–Trinajstić information content (AvgIpc) is 3.06. The van der Waals surface area contributed by atoms with Crippen molar-refractivity contribution in [3.8, 4) is 0 Å². The van der Waals surface area contributed by atoms with Crippen LogP contribution in [0.5, 0.6) is 0 Å². The van der Waals surface area contributed by atoms with Gasteiger partial charge in [-0.25, -0.2) is 0 Å². The van der Waals surface area contributed by atoms with Crippen molar-refractivity contribution in [1.29, 1.82) is 0 Å². The number of rotatable bonds is 5. The van der Waals surface area contributed by atoms with Gasteiger partial charge in [0.05, 0.1) is 0 Å². The Hall–Kier alpha value is -0.590. The lowest BCUT2D eigenvalue weighted by atomic mass is 9.44. The Bertz CT molecular complexity index is 661. The zero-order valence-corrected chi connectivity index (χ0v) is 20.8. The fourth-order valence-electron chi connectivity index (χ4n) is 9.23. The Morgan fingerprint density at radius 2 is 1.67 bits per heavy atom. The van der Waals surface area contributed by atoms with E-state index < -0.39 is 0 Å². The van der Waals surface area contributed by atoms with Gasteiger partial charge in [0.25, 0.3) is 0 Å². The lowest BCUT2D eigenvalue weighted by molar-refractivity contribution is -0.140. The standard InChI is InChI=1S/C29H48O/c1-7-21(19(2)3)9-8-20(4)25-12-13-26-24-11-10-22-18-23(30)14-16-28(22,5)27(24)15-17-29(25,26)6/h8-9,19-22,24-27H,7,10-18H2,1-6H3/b9-8+/t20-,21+,22+,24-,25+,26-,27-,28+,29-/m1/s1. The van der Waals surface area contributed by atoms with Crippen LogP contribution in [0.15, 0.2) is 12.2 Å². The van der Waals surface area contributed by atoms with Crippen LogP contribution in [0.2, 0.25) is 0 Å². The van der Waals surface area contributed by atoms with Gasteiger partial charge in [0.15, 0.2) is 0 Å². The molecule has 4 aliphatic rings. The first-order chi connectivity index (χ1) is 14.2. The molecule has 0 amide bonds. The fourth-order valence-corrected chi connectivity index (χ4v) is 9.23. The minimum Gasteiger partial charge on any atom is -0.300 e. The molecule has 4 fully saturated rings. The van der Waals surface area contributed by atoms with Crippen LogP contribution in [0.4, 0.5) is 0 Å². The Morgan fingerprint density at radius 3 is 2.37 bits per heavy atom. The SMILES string of the molecule is CC[C@@H](/C=C/[C@@H](C)[C@@H]1CC[C@@H]2[C@H]3CC[C@H]4CC(=O)CC[C@]4(C)[C@@H]3CC[C@@]21C)C(C)C. The second kappa shape index (κ2) is 8.40. The molecule has 4 saturated carbocycles. The highest BCUT2D eigenvalue weighted by Gasteiger charge is 2.60. The lowest BCUT2D eigenvalue weighted by Gasteiger charge is -2.60. The molecular weight excluding hydrogens is 364 g/mol. The van der Waals surface area contributed by atoms with Crippen molar-refractivity contribution in [2.45, 2.75) is 106 Å². The van der Waals surface area contributed by atoms with E-state index in [9.17, 15) is 4.79 Å². The van der Waals surface area contributed by atoms with Crippen LogP contribution in [-0.4, -0.2) is 5.78 Å². The molecule has 0 aromatic carbocycles. The van der Waals surface area contributed by atoms with Crippen molar-refractivity contribution in [3.05, 3.63) is 12.2 Å². The number of fused-ring (bicyclic) bond motifs is 5. The fraction of sp³-hybridized carbons (Fsp3) is 0.897. The normalized spacial score (nSPS) is 45.8.